The van der Waals surface area contributed by atoms with Crippen molar-refractivity contribution in [2.24, 2.45) is 11.5 Å². The zero-order valence-corrected chi connectivity index (χ0v) is 23.6. The van der Waals surface area contributed by atoms with E-state index in [0.29, 0.717) is 24.9 Å². The molecule has 0 spiro atoms. The van der Waals surface area contributed by atoms with E-state index in [-0.39, 0.29) is 19.3 Å². The number of aliphatic carboxylic acids is 2. The molecule has 10 N–H and O–H groups in total. The lowest BCUT2D eigenvalue weighted by atomic mass is 10.0. The van der Waals surface area contributed by atoms with Gasteiger partial charge in [0.15, 0.2) is 0 Å². The van der Waals surface area contributed by atoms with Gasteiger partial charge in [-0.25, -0.2) is 4.79 Å². The number of carboxylic acids is 2. The topological polar surface area (TPSA) is 230 Å². The van der Waals surface area contributed by atoms with Gasteiger partial charge in [0.25, 0.3) is 0 Å². The SMILES string of the molecule is NCCCCC(NC(=O)C(CC(=O)O)NC(=O)C(Cc1c[nH]c2ccccc12)NC(=O)C(N)Cc1ccccc1)C(=O)O. The van der Waals surface area contributed by atoms with Crippen molar-refractivity contribution in [3.63, 3.8) is 0 Å². The number of hydrogen-bond acceptors (Lipinski definition) is 7. The van der Waals surface area contributed by atoms with Gasteiger partial charge in [-0.2, -0.15) is 0 Å². The second-order valence-electron chi connectivity index (χ2n) is 10.3. The number of rotatable bonds is 17. The Morgan fingerprint density at radius 1 is 0.767 bits per heavy atom. The molecule has 0 bridgehead atoms. The van der Waals surface area contributed by atoms with Crippen LogP contribution in [-0.4, -0.2) is 75.6 Å². The van der Waals surface area contributed by atoms with Crippen LogP contribution in [0.25, 0.3) is 10.9 Å². The molecule has 13 nitrogen and oxygen atoms in total. The molecule has 13 heteroatoms. The number of aromatic amines is 1. The molecular formula is C30H38N6O7. The number of nitrogens with two attached hydrogens (primary N) is 2. The van der Waals surface area contributed by atoms with Gasteiger partial charge in [-0.05, 0) is 49.4 Å². The highest BCUT2D eigenvalue weighted by atomic mass is 16.4. The number of hydrogen-bond donors (Lipinski definition) is 8. The van der Waals surface area contributed by atoms with Crippen molar-refractivity contribution in [2.75, 3.05) is 6.54 Å². The zero-order chi connectivity index (χ0) is 31.4. The Kier molecular flexibility index (Phi) is 12.2. The minimum absolute atomic E-state index is 0.00209. The number of amides is 3. The number of para-hydroxylation sites is 1. The van der Waals surface area contributed by atoms with Crippen LogP contribution in [0, 0.1) is 0 Å². The Morgan fingerprint density at radius 2 is 1.40 bits per heavy atom. The van der Waals surface area contributed by atoms with Crippen LogP contribution in [0.3, 0.4) is 0 Å². The molecule has 43 heavy (non-hydrogen) atoms. The third-order valence-corrected chi connectivity index (χ3v) is 6.94. The summed E-state index contributed by atoms with van der Waals surface area (Å²) in [5, 5.41) is 27.1. The van der Waals surface area contributed by atoms with Crippen LogP contribution in [-0.2, 0) is 36.8 Å². The van der Waals surface area contributed by atoms with Crippen molar-refractivity contribution in [1.29, 1.82) is 0 Å². The third-order valence-electron chi connectivity index (χ3n) is 6.94. The molecular weight excluding hydrogens is 556 g/mol. The van der Waals surface area contributed by atoms with Crippen LogP contribution >= 0.6 is 0 Å². The predicted octanol–water partition coefficient (Wildman–Crippen LogP) is 0.423. The molecule has 1 heterocycles. The Morgan fingerprint density at radius 3 is 2.07 bits per heavy atom. The number of carboxylic acid groups (broad SMARTS) is 2. The van der Waals surface area contributed by atoms with Gasteiger partial charge < -0.3 is 42.6 Å². The highest BCUT2D eigenvalue weighted by Gasteiger charge is 2.32. The average molecular weight is 595 g/mol. The van der Waals surface area contributed by atoms with Crippen molar-refractivity contribution in [2.45, 2.75) is 62.7 Å². The first kappa shape index (κ1) is 32.8. The monoisotopic (exact) mass is 594 g/mol. The Balaban J connectivity index is 1.81. The summed E-state index contributed by atoms with van der Waals surface area (Å²) in [7, 11) is 0. The zero-order valence-electron chi connectivity index (χ0n) is 23.6. The molecule has 0 saturated carbocycles. The Bertz CT molecular complexity index is 1410. The van der Waals surface area contributed by atoms with Gasteiger partial charge in [0.1, 0.15) is 18.1 Å². The molecule has 230 valence electrons. The molecule has 3 rings (SSSR count). The minimum Gasteiger partial charge on any atom is -0.481 e. The lowest BCUT2D eigenvalue weighted by Crippen LogP contribution is -2.58. The minimum atomic E-state index is -1.61. The average Bonchev–Trinajstić information content (AvgIpc) is 3.38. The van der Waals surface area contributed by atoms with Crippen molar-refractivity contribution in [3.8, 4) is 0 Å². The molecule has 4 atom stereocenters. The fraction of sp³-hybridized carbons (Fsp3) is 0.367. The second kappa shape index (κ2) is 16.0. The van der Waals surface area contributed by atoms with E-state index >= 15 is 0 Å². The van der Waals surface area contributed by atoms with Gasteiger partial charge in [-0.3, -0.25) is 19.2 Å². The van der Waals surface area contributed by atoms with Crippen LogP contribution < -0.4 is 27.4 Å². The first-order chi connectivity index (χ1) is 20.6. The number of carbonyl (C=O) groups is 5. The van der Waals surface area contributed by atoms with E-state index in [1.165, 1.54) is 0 Å². The van der Waals surface area contributed by atoms with Gasteiger partial charge in [0, 0.05) is 23.5 Å². The maximum Gasteiger partial charge on any atom is 0.326 e. The normalized spacial score (nSPS) is 13.8. The summed E-state index contributed by atoms with van der Waals surface area (Å²) < 4.78 is 0. The Hall–Kier alpha value is -4.75. The predicted molar refractivity (Wildman–Crippen MR) is 159 cm³/mol. The van der Waals surface area contributed by atoms with Gasteiger partial charge in [-0.15, -0.1) is 0 Å². The smallest absolute Gasteiger partial charge is 0.326 e. The first-order valence-corrected chi connectivity index (χ1v) is 14.0. The number of aromatic nitrogens is 1. The molecule has 0 saturated heterocycles. The summed E-state index contributed by atoms with van der Waals surface area (Å²) in [6.07, 6.45) is 2.12. The van der Waals surface area contributed by atoms with Crippen LogP contribution in [0.5, 0.6) is 0 Å². The summed E-state index contributed by atoms with van der Waals surface area (Å²) in [6, 6.07) is 11.3. The fourth-order valence-electron chi connectivity index (χ4n) is 4.65. The van der Waals surface area contributed by atoms with Crippen LogP contribution in [0.1, 0.15) is 36.8 Å². The van der Waals surface area contributed by atoms with E-state index in [1.807, 2.05) is 54.6 Å². The van der Waals surface area contributed by atoms with Crippen LogP contribution in [0.2, 0.25) is 0 Å². The van der Waals surface area contributed by atoms with Crippen molar-refractivity contribution in [1.82, 2.24) is 20.9 Å². The summed E-state index contributed by atoms with van der Waals surface area (Å²) in [6.45, 7) is 0.344. The highest BCUT2D eigenvalue weighted by Crippen LogP contribution is 2.19. The fourth-order valence-corrected chi connectivity index (χ4v) is 4.65. The maximum absolute atomic E-state index is 13.6. The van der Waals surface area contributed by atoms with Crippen molar-refractivity contribution in [3.05, 3.63) is 71.9 Å². The lowest BCUT2D eigenvalue weighted by molar-refractivity contribution is -0.143. The summed E-state index contributed by atoms with van der Waals surface area (Å²) in [5.74, 6) is -5.12. The molecule has 0 aliphatic rings. The molecule has 0 fully saturated rings. The third kappa shape index (κ3) is 9.94. The first-order valence-electron chi connectivity index (χ1n) is 14.0. The second-order valence-corrected chi connectivity index (χ2v) is 10.3. The molecule has 3 aromatic rings. The van der Waals surface area contributed by atoms with E-state index in [2.05, 4.69) is 20.9 Å². The summed E-state index contributed by atoms with van der Waals surface area (Å²) >= 11 is 0. The lowest BCUT2D eigenvalue weighted by Gasteiger charge is -2.24. The summed E-state index contributed by atoms with van der Waals surface area (Å²) in [5.41, 5.74) is 13.9. The van der Waals surface area contributed by atoms with E-state index in [0.717, 1.165) is 16.5 Å². The number of unbranched alkanes of at least 4 members (excludes halogenated alkanes) is 1. The van der Waals surface area contributed by atoms with Crippen molar-refractivity contribution < 1.29 is 34.2 Å². The highest BCUT2D eigenvalue weighted by molar-refractivity contribution is 5.96. The maximum atomic E-state index is 13.6. The molecule has 3 amide bonds. The quantitative estimate of drug-likeness (QED) is 0.101. The molecule has 4 unspecified atom stereocenters. The number of fused-ring (bicyclic) bond motifs is 1. The molecule has 0 aliphatic carbocycles. The number of benzene rings is 2. The molecule has 1 aromatic heterocycles. The van der Waals surface area contributed by atoms with Gasteiger partial charge in [-0.1, -0.05) is 48.5 Å². The van der Waals surface area contributed by atoms with E-state index < -0.39 is 60.2 Å². The number of nitrogens with one attached hydrogen (secondary N) is 4. The van der Waals surface area contributed by atoms with Crippen molar-refractivity contribution >= 4 is 40.6 Å². The summed E-state index contributed by atoms with van der Waals surface area (Å²) in [4.78, 5) is 66.1. The van der Waals surface area contributed by atoms with Crippen LogP contribution in [0.4, 0.5) is 0 Å². The number of H-pyrrole nitrogens is 1. The van der Waals surface area contributed by atoms with E-state index in [1.54, 1.807) is 6.20 Å². The molecule has 0 aliphatic heterocycles. The number of carbonyl (C=O) groups excluding carboxylic acids is 3. The largest absolute Gasteiger partial charge is 0.481 e. The molecule has 2 aromatic carbocycles. The molecule has 0 radical (unpaired) electrons. The standard InChI is InChI=1S/C30H38N6O7/c31-13-7-6-12-23(30(42)43)34-29(41)25(16-26(37)38)36-28(40)24(15-19-17-33-22-11-5-4-10-20(19)22)35-27(39)21(32)14-18-8-2-1-3-9-18/h1-5,8-11,17,21,23-25,33H,6-7,12-16,31-32H2,(H,34,41)(H,35,39)(H,36,40)(H,37,38)(H,42,43). The van der Waals surface area contributed by atoms with Gasteiger partial charge in [0.2, 0.25) is 17.7 Å². The van der Waals surface area contributed by atoms with E-state index in [4.69, 9.17) is 11.5 Å². The van der Waals surface area contributed by atoms with Gasteiger partial charge in [0.05, 0.1) is 12.5 Å². The van der Waals surface area contributed by atoms with E-state index in [9.17, 15) is 34.2 Å². The van der Waals surface area contributed by atoms with Gasteiger partial charge >= 0.3 is 11.9 Å². The van der Waals surface area contributed by atoms with Crippen LogP contribution in [0.15, 0.2) is 60.8 Å². The Labute approximate surface area is 248 Å².